The number of carbonyl (C=O) groups excluding carboxylic acids is 1. The zero-order valence-corrected chi connectivity index (χ0v) is 23.9. The molecule has 218 valence electrons. The van der Waals surface area contributed by atoms with Crippen molar-refractivity contribution in [2.75, 3.05) is 37.7 Å². The van der Waals surface area contributed by atoms with E-state index in [1.54, 1.807) is 12.4 Å². The van der Waals surface area contributed by atoms with Crippen LogP contribution in [0.1, 0.15) is 56.1 Å². The van der Waals surface area contributed by atoms with E-state index in [4.69, 9.17) is 14.7 Å². The van der Waals surface area contributed by atoms with Crippen LogP contribution in [0.5, 0.6) is 6.01 Å². The van der Waals surface area contributed by atoms with E-state index >= 15 is 4.39 Å². The van der Waals surface area contributed by atoms with Gasteiger partial charge >= 0.3 is 6.01 Å². The zero-order valence-electron chi connectivity index (χ0n) is 23.9. The minimum absolute atomic E-state index is 0.0219. The average Bonchev–Trinajstić information content (AvgIpc) is 3.68. The number of pyridine rings is 2. The van der Waals surface area contributed by atoms with Gasteiger partial charge in [-0.15, -0.1) is 0 Å². The summed E-state index contributed by atoms with van der Waals surface area (Å²) in [4.78, 5) is 37.7. The number of fused-ring (bicyclic) bond motifs is 4. The van der Waals surface area contributed by atoms with Crippen molar-refractivity contribution in [2.45, 2.75) is 75.4 Å². The van der Waals surface area contributed by atoms with Crippen LogP contribution in [0.2, 0.25) is 0 Å². The highest BCUT2D eigenvalue weighted by molar-refractivity contribution is 5.93. The molecule has 2 atom stereocenters. The molecule has 0 aromatic carbocycles. The fraction of sp³-hybridized carbons (Fsp3) is 0.531. The molecule has 0 radical (unpaired) electrons. The average molecular weight is 570 g/mol. The fourth-order valence-corrected chi connectivity index (χ4v) is 8.27. The van der Waals surface area contributed by atoms with E-state index in [1.807, 2.05) is 11.1 Å². The summed E-state index contributed by atoms with van der Waals surface area (Å²) in [5.41, 5.74) is 3.59. The van der Waals surface area contributed by atoms with E-state index in [-0.39, 0.29) is 40.8 Å². The van der Waals surface area contributed by atoms with Gasteiger partial charge in [-0.05, 0) is 88.1 Å². The largest absolute Gasteiger partial charge is 0.461 e. The first kappa shape index (κ1) is 26.0. The molecule has 7 heterocycles. The Bertz CT molecular complexity index is 1580. The van der Waals surface area contributed by atoms with Crippen molar-refractivity contribution in [1.82, 2.24) is 29.7 Å². The number of anilines is 1. The Labute approximate surface area is 244 Å². The molecule has 10 heteroatoms. The van der Waals surface area contributed by atoms with Crippen molar-refractivity contribution in [1.29, 1.82) is 0 Å². The molecule has 42 heavy (non-hydrogen) atoms. The summed E-state index contributed by atoms with van der Waals surface area (Å²) in [6, 6.07) is 0.398. The first-order chi connectivity index (χ1) is 20.6. The molecule has 4 aliphatic heterocycles. The van der Waals surface area contributed by atoms with Crippen LogP contribution in [0.3, 0.4) is 0 Å². The third-order valence-corrected chi connectivity index (χ3v) is 10.5. The predicted molar refractivity (Wildman–Crippen MR) is 157 cm³/mol. The number of hydrogen-bond donors (Lipinski definition) is 0. The van der Waals surface area contributed by atoms with Crippen molar-refractivity contribution in [2.24, 2.45) is 0 Å². The number of likely N-dealkylation sites (tertiary alicyclic amines) is 1. The summed E-state index contributed by atoms with van der Waals surface area (Å²) in [5.74, 6) is 0.116. The Morgan fingerprint density at radius 2 is 1.90 bits per heavy atom. The van der Waals surface area contributed by atoms with Crippen LogP contribution < -0.4 is 9.64 Å². The van der Waals surface area contributed by atoms with Gasteiger partial charge in [-0.1, -0.05) is 6.58 Å². The molecule has 1 aliphatic carbocycles. The second kappa shape index (κ2) is 9.97. The summed E-state index contributed by atoms with van der Waals surface area (Å²) >= 11 is 0. The Morgan fingerprint density at radius 3 is 2.74 bits per heavy atom. The smallest absolute Gasteiger partial charge is 0.319 e. The Morgan fingerprint density at radius 1 is 1.07 bits per heavy atom. The first-order valence-electron chi connectivity index (χ1n) is 15.5. The van der Waals surface area contributed by atoms with Gasteiger partial charge in [0, 0.05) is 37.2 Å². The molecule has 5 aliphatic rings. The van der Waals surface area contributed by atoms with Gasteiger partial charge in [-0.25, -0.2) is 4.39 Å². The van der Waals surface area contributed by atoms with Crippen LogP contribution in [0, 0.1) is 5.82 Å². The van der Waals surface area contributed by atoms with Gasteiger partial charge in [-0.2, -0.15) is 9.97 Å². The molecule has 0 bridgehead atoms. The lowest BCUT2D eigenvalue weighted by Crippen LogP contribution is -2.63. The van der Waals surface area contributed by atoms with Gasteiger partial charge in [-0.3, -0.25) is 19.7 Å². The van der Waals surface area contributed by atoms with Crippen LogP contribution in [0.4, 0.5) is 10.2 Å². The summed E-state index contributed by atoms with van der Waals surface area (Å²) in [5, 5.41) is 0.565. The van der Waals surface area contributed by atoms with E-state index in [0.29, 0.717) is 30.9 Å². The summed E-state index contributed by atoms with van der Waals surface area (Å²) in [6.45, 7) is 7.65. The lowest BCUT2D eigenvalue weighted by Gasteiger charge is -2.47. The molecule has 8 rings (SSSR count). The molecule has 1 amide bonds. The molecule has 3 aromatic heterocycles. The molecular formula is C32H36FN7O2. The van der Waals surface area contributed by atoms with Crippen molar-refractivity contribution >= 4 is 22.6 Å². The van der Waals surface area contributed by atoms with Crippen molar-refractivity contribution in [3.8, 4) is 17.3 Å². The third kappa shape index (κ3) is 3.94. The SMILES string of the molecule is C=CC(=O)N1CCC2[C@H]1CN2c1nc(OCC23CCCN2CCC3)nc2c(F)c(-c3cncc4c3CCCC4)ncc12. The number of aryl methyl sites for hydroxylation is 1. The van der Waals surface area contributed by atoms with Crippen LogP contribution in [-0.2, 0) is 17.6 Å². The van der Waals surface area contributed by atoms with Gasteiger partial charge in [0.15, 0.2) is 5.82 Å². The second-order valence-electron chi connectivity index (χ2n) is 12.6. The summed E-state index contributed by atoms with van der Waals surface area (Å²) in [7, 11) is 0. The highest BCUT2D eigenvalue weighted by Crippen LogP contribution is 2.42. The summed E-state index contributed by atoms with van der Waals surface area (Å²) < 4.78 is 23.0. The number of aromatic nitrogens is 4. The quantitative estimate of drug-likeness (QED) is 0.411. The fourth-order valence-electron chi connectivity index (χ4n) is 8.27. The van der Waals surface area contributed by atoms with Crippen molar-refractivity contribution in [3.63, 3.8) is 0 Å². The highest BCUT2D eigenvalue weighted by Gasteiger charge is 2.50. The highest BCUT2D eigenvalue weighted by atomic mass is 19.1. The molecule has 0 N–H and O–H groups in total. The van der Waals surface area contributed by atoms with E-state index in [9.17, 15) is 4.79 Å². The van der Waals surface area contributed by atoms with Gasteiger partial charge in [0.05, 0.1) is 23.0 Å². The number of amides is 1. The van der Waals surface area contributed by atoms with Gasteiger partial charge < -0.3 is 14.5 Å². The molecule has 1 unspecified atom stereocenters. The molecule has 0 saturated carbocycles. The van der Waals surface area contributed by atoms with Gasteiger partial charge in [0.25, 0.3) is 0 Å². The van der Waals surface area contributed by atoms with Crippen LogP contribution in [0.15, 0.2) is 31.2 Å². The maximum absolute atomic E-state index is 16.6. The monoisotopic (exact) mass is 569 g/mol. The number of hydrogen-bond acceptors (Lipinski definition) is 8. The number of nitrogens with zero attached hydrogens (tertiary/aromatic N) is 7. The number of rotatable bonds is 6. The number of carbonyl (C=O) groups is 1. The number of halogens is 1. The van der Waals surface area contributed by atoms with E-state index in [1.165, 1.54) is 24.5 Å². The van der Waals surface area contributed by atoms with Crippen molar-refractivity contribution < 1.29 is 13.9 Å². The van der Waals surface area contributed by atoms with Crippen molar-refractivity contribution in [3.05, 3.63) is 48.2 Å². The molecule has 3 aromatic rings. The third-order valence-electron chi connectivity index (χ3n) is 10.5. The second-order valence-corrected chi connectivity index (χ2v) is 12.6. The first-order valence-corrected chi connectivity index (χ1v) is 15.5. The Hall–Kier alpha value is -3.66. The van der Waals surface area contributed by atoms with Gasteiger partial charge in [0.2, 0.25) is 5.91 Å². The summed E-state index contributed by atoms with van der Waals surface area (Å²) in [6.07, 6.45) is 16.1. The topological polar surface area (TPSA) is 87.6 Å². The predicted octanol–water partition coefficient (Wildman–Crippen LogP) is 4.09. The zero-order chi connectivity index (χ0) is 28.4. The van der Waals surface area contributed by atoms with Crippen LogP contribution >= 0.6 is 0 Å². The van der Waals surface area contributed by atoms with E-state index in [2.05, 4.69) is 26.3 Å². The Kier molecular flexibility index (Phi) is 6.17. The lowest BCUT2D eigenvalue weighted by molar-refractivity contribution is -0.127. The minimum atomic E-state index is -0.463. The maximum atomic E-state index is 16.6. The molecule has 0 spiro atoms. The molecular weight excluding hydrogens is 533 g/mol. The van der Waals surface area contributed by atoms with Gasteiger partial charge in [0.1, 0.15) is 23.6 Å². The normalized spacial score (nSPS) is 24.3. The lowest BCUT2D eigenvalue weighted by atomic mass is 9.89. The minimum Gasteiger partial charge on any atom is -0.461 e. The standard InChI is InChI=1S/C32H36FN7O2/c1-2-26(41)39-14-9-24-25(39)18-40(24)30-23-17-35-28(22-16-34-15-20-7-3-4-8-21(20)22)27(33)29(23)36-31(37-30)42-19-32-10-5-12-38(32)13-6-11-32/h2,15-17,24-25H,1,3-14,18-19H2/t24?,25-/m1/s1. The Balaban J connectivity index is 1.20. The molecule has 4 fully saturated rings. The number of ether oxygens (including phenoxy) is 1. The van der Waals surface area contributed by atoms with Crippen LogP contribution in [0.25, 0.3) is 22.2 Å². The van der Waals surface area contributed by atoms with E-state index < -0.39 is 5.82 Å². The molecule has 4 saturated heterocycles. The molecule has 9 nitrogen and oxygen atoms in total. The maximum Gasteiger partial charge on any atom is 0.319 e. The van der Waals surface area contributed by atoms with E-state index in [0.717, 1.165) is 69.2 Å². The van der Waals surface area contributed by atoms with Crippen LogP contribution in [-0.4, -0.2) is 86.1 Å².